The Labute approximate surface area is 49.5 Å². The van der Waals surface area contributed by atoms with E-state index in [0.717, 1.165) is 0 Å². The predicted molar refractivity (Wildman–Crippen MR) is 31.4 cm³/mol. The molecule has 50 valence electrons. The molecule has 0 aliphatic rings. The summed E-state index contributed by atoms with van der Waals surface area (Å²) in [6, 6.07) is 0. The zero-order valence-electron chi connectivity index (χ0n) is 5.61. The SMILES string of the molecule is CC(C)(C)C(O)CF. The maximum absolute atomic E-state index is 11.6. The average molecular weight is 120 g/mol. The first-order chi connectivity index (χ1) is 3.48. The number of aliphatic hydroxyl groups is 1. The second kappa shape index (κ2) is 2.44. The molecular formula is C6H13FO. The minimum atomic E-state index is -0.817. The topological polar surface area (TPSA) is 20.2 Å². The Morgan fingerprint density at radius 1 is 1.50 bits per heavy atom. The summed E-state index contributed by atoms with van der Waals surface area (Å²) in [4.78, 5) is 0. The molecular weight excluding hydrogens is 107 g/mol. The maximum Gasteiger partial charge on any atom is 0.116 e. The molecule has 1 nitrogen and oxygen atoms in total. The number of hydrogen-bond donors (Lipinski definition) is 1. The van der Waals surface area contributed by atoms with Crippen LogP contribution in [0.3, 0.4) is 0 Å². The normalized spacial score (nSPS) is 16.1. The van der Waals surface area contributed by atoms with Gasteiger partial charge >= 0.3 is 0 Å². The smallest absolute Gasteiger partial charge is 0.116 e. The van der Waals surface area contributed by atoms with Crippen molar-refractivity contribution in [3.8, 4) is 0 Å². The first kappa shape index (κ1) is 7.89. The Morgan fingerprint density at radius 2 is 1.88 bits per heavy atom. The standard InChI is InChI=1S/C6H13FO/c1-6(2,3)5(8)4-7/h5,8H,4H2,1-3H3. The Balaban J connectivity index is 3.62. The van der Waals surface area contributed by atoms with Gasteiger partial charge in [-0.05, 0) is 5.41 Å². The number of halogens is 1. The number of aliphatic hydroxyl groups excluding tert-OH is 1. The van der Waals surface area contributed by atoms with Crippen LogP contribution in [0.15, 0.2) is 0 Å². The van der Waals surface area contributed by atoms with Gasteiger partial charge in [-0.15, -0.1) is 0 Å². The van der Waals surface area contributed by atoms with Crippen molar-refractivity contribution in [3.63, 3.8) is 0 Å². The van der Waals surface area contributed by atoms with Gasteiger partial charge in [0, 0.05) is 0 Å². The van der Waals surface area contributed by atoms with E-state index >= 15 is 0 Å². The molecule has 0 radical (unpaired) electrons. The molecule has 0 heterocycles. The van der Waals surface area contributed by atoms with Crippen molar-refractivity contribution in [2.75, 3.05) is 6.67 Å². The molecule has 0 saturated carbocycles. The zero-order valence-corrected chi connectivity index (χ0v) is 5.61. The lowest BCUT2D eigenvalue weighted by Crippen LogP contribution is -2.27. The molecule has 0 bridgehead atoms. The molecule has 0 aromatic carbocycles. The van der Waals surface area contributed by atoms with E-state index in [2.05, 4.69) is 0 Å². The second-order valence-corrected chi connectivity index (χ2v) is 3.04. The Hall–Kier alpha value is -0.110. The molecule has 0 aliphatic heterocycles. The molecule has 0 saturated heterocycles. The highest BCUT2D eigenvalue weighted by atomic mass is 19.1. The van der Waals surface area contributed by atoms with Gasteiger partial charge in [0.1, 0.15) is 6.67 Å². The highest BCUT2D eigenvalue weighted by Crippen LogP contribution is 2.18. The Morgan fingerprint density at radius 3 is 1.88 bits per heavy atom. The van der Waals surface area contributed by atoms with Gasteiger partial charge in [-0.1, -0.05) is 20.8 Å². The average Bonchev–Trinajstić information content (AvgIpc) is 1.62. The summed E-state index contributed by atoms with van der Waals surface area (Å²) in [5, 5.41) is 8.82. The Kier molecular flexibility index (Phi) is 2.41. The van der Waals surface area contributed by atoms with E-state index in [1.807, 2.05) is 0 Å². The monoisotopic (exact) mass is 120 g/mol. The zero-order chi connectivity index (χ0) is 6.78. The number of hydrogen-bond acceptors (Lipinski definition) is 1. The Bertz CT molecular complexity index is 65.4. The van der Waals surface area contributed by atoms with Crippen LogP contribution in [-0.4, -0.2) is 17.9 Å². The van der Waals surface area contributed by atoms with Crippen LogP contribution in [-0.2, 0) is 0 Å². The molecule has 0 aromatic heterocycles. The molecule has 1 unspecified atom stereocenters. The molecule has 0 aliphatic carbocycles. The van der Waals surface area contributed by atoms with Gasteiger partial charge < -0.3 is 5.11 Å². The van der Waals surface area contributed by atoms with Gasteiger partial charge in [0.15, 0.2) is 0 Å². The first-order valence-electron chi connectivity index (χ1n) is 2.72. The summed E-state index contributed by atoms with van der Waals surface area (Å²) < 4.78 is 11.6. The summed E-state index contributed by atoms with van der Waals surface area (Å²) in [6.07, 6.45) is -0.817. The van der Waals surface area contributed by atoms with E-state index in [1.165, 1.54) is 0 Å². The maximum atomic E-state index is 11.6. The first-order valence-corrected chi connectivity index (χ1v) is 2.72. The molecule has 0 rings (SSSR count). The fourth-order valence-corrected chi connectivity index (χ4v) is 0.231. The van der Waals surface area contributed by atoms with Gasteiger partial charge in [-0.3, -0.25) is 0 Å². The fourth-order valence-electron chi connectivity index (χ4n) is 0.231. The molecule has 1 atom stereocenters. The predicted octanol–water partition coefficient (Wildman–Crippen LogP) is 1.36. The summed E-state index contributed by atoms with van der Waals surface area (Å²) >= 11 is 0. The third kappa shape index (κ3) is 2.26. The van der Waals surface area contributed by atoms with Gasteiger partial charge in [-0.2, -0.15) is 0 Å². The minimum absolute atomic E-state index is 0.311. The van der Waals surface area contributed by atoms with E-state index in [0.29, 0.717) is 0 Å². The molecule has 8 heavy (non-hydrogen) atoms. The number of rotatable bonds is 1. The van der Waals surface area contributed by atoms with Crippen LogP contribution in [0.1, 0.15) is 20.8 Å². The van der Waals surface area contributed by atoms with Crippen LogP contribution >= 0.6 is 0 Å². The molecule has 0 amide bonds. The van der Waals surface area contributed by atoms with Gasteiger partial charge in [-0.25, -0.2) is 4.39 Å². The van der Waals surface area contributed by atoms with Crippen molar-refractivity contribution in [2.45, 2.75) is 26.9 Å². The van der Waals surface area contributed by atoms with Gasteiger partial charge in [0.25, 0.3) is 0 Å². The third-order valence-corrected chi connectivity index (χ3v) is 1.15. The lowest BCUT2D eigenvalue weighted by molar-refractivity contribution is 0.0411. The molecule has 1 N–H and O–H groups in total. The summed E-state index contributed by atoms with van der Waals surface area (Å²) in [7, 11) is 0. The van der Waals surface area contributed by atoms with Crippen LogP contribution in [0.5, 0.6) is 0 Å². The van der Waals surface area contributed by atoms with Gasteiger partial charge in [0.05, 0.1) is 6.10 Å². The second-order valence-electron chi connectivity index (χ2n) is 3.04. The van der Waals surface area contributed by atoms with Crippen molar-refractivity contribution in [1.29, 1.82) is 0 Å². The third-order valence-electron chi connectivity index (χ3n) is 1.15. The molecule has 0 spiro atoms. The van der Waals surface area contributed by atoms with Crippen molar-refractivity contribution in [2.24, 2.45) is 5.41 Å². The number of alkyl halides is 1. The van der Waals surface area contributed by atoms with Crippen molar-refractivity contribution in [3.05, 3.63) is 0 Å². The van der Waals surface area contributed by atoms with E-state index in [9.17, 15) is 4.39 Å². The van der Waals surface area contributed by atoms with Gasteiger partial charge in [0.2, 0.25) is 0 Å². The summed E-state index contributed by atoms with van der Waals surface area (Å²) in [6.45, 7) is 4.76. The van der Waals surface area contributed by atoms with Crippen LogP contribution in [0.25, 0.3) is 0 Å². The van der Waals surface area contributed by atoms with Crippen molar-refractivity contribution < 1.29 is 9.50 Å². The quantitative estimate of drug-likeness (QED) is 0.554. The summed E-state index contributed by atoms with van der Waals surface area (Å²) in [5.74, 6) is 0. The fraction of sp³-hybridized carbons (Fsp3) is 1.00. The van der Waals surface area contributed by atoms with E-state index < -0.39 is 12.8 Å². The largest absolute Gasteiger partial charge is 0.390 e. The van der Waals surface area contributed by atoms with Crippen LogP contribution in [0, 0.1) is 5.41 Å². The lowest BCUT2D eigenvalue weighted by atomic mass is 9.90. The highest BCUT2D eigenvalue weighted by molar-refractivity contribution is 4.70. The van der Waals surface area contributed by atoms with Crippen molar-refractivity contribution >= 4 is 0 Å². The molecule has 2 heteroatoms. The van der Waals surface area contributed by atoms with E-state index in [1.54, 1.807) is 20.8 Å². The van der Waals surface area contributed by atoms with Crippen LogP contribution in [0.4, 0.5) is 4.39 Å². The minimum Gasteiger partial charge on any atom is -0.390 e. The van der Waals surface area contributed by atoms with Crippen LogP contribution in [0.2, 0.25) is 0 Å². The van der Waals surface area contributed by atoms with Crippen LogP contribution < -0.4 is 0 Å². The molecule has 0 aromatic rings. The van der Waals surface area contributed by atoms with Crippen molar-refractivity contribution in [1.82, 2.24) is 0 Å². The van der Waals surface area contributed by atoms with E-state index in [-0.39, 0.29) is 5.41 Å². The summed E-state index contributed by atoms with van der Waals surface area (Å²) in [5.41, 5.74) is -0.311. The lowest BCUT2D eigenvalue weighted by Gasteiger charge is -2.22. The molecule has 0 fully saturated rings. The van der Waals surface area contributed by atoms with E-state index in [4.69, 9.17) is 5.11 Å². The highest BCUT2D eigenvalue weighted by Gasteiger charge is 2.20.